The number of carbonyl (C=O) groups is 2. The minimum Gasteiger partial charge on any atom is -0.326 e. The van der Waals surface area contributed by atoms with Gasteiger partial charge in [0, 0.05) is 29.1 Å². The normalized spacial score (nSPS) is 22.7. The topological polar surface area (TPSA) is 97.1 Å². The summed E-state index contributed by atoms with van der Waals surface area (Å²) < 4.78 is 0. The van der Waals surface area contributed by atoms with Crippen molar-refractivity contribution in [1.82, 2.24) is 4.98 Å². The molecule has 2 atom stereocenters. The van der Waals surface area contributed by atoms with Crippen LogP contribution in [0.1, 0.15) is 39.5 Å². The van der Waals surface area contributed by atoms with Gasteiger partial charge in [0.25, 0.3) is 0 Å². The molecular weight excluding hydrogens is 348 g/mol. The number of nitrogens with two attached hydrogens (primary N) is 1. The standard InChI is InChI=1S/C19H24N4O2S/c1-12(24)21-14-8-6-13(7-9-14)16-11-26-18(22-16)23-17(25)15-5-3-4-10-19(15,2)20/h6-9,11,15H,3-5,10,20H2,1-2H3,(H,21,24)(H,22,23,25). The number of aromatic nitrogens is 1. The Hall–Kier alpha value is -2.25. The van der Waals surface area contributed by atoms with Crippen molar-refractivity contribution in [2.24, 2.45) is 11.7 Å². The van der Waals surface area contributed by atoms with Crippen molar-refractivity contribution in [3.05, 3.63) is 29.6 Å². The van der Waals surface area contributed by atoms with Gasteiger partial charge in [-0.1, -0.05) is 25.0 Å². The molecule has 0 aliphatic heterocycles. The first-order valence-corrected chi connectivity index (χ1v) is 9.66. The summed E-state index contributed by atoms with van der Waals surface area (Å²) in [4.78, 5) is 28.2. The molecule has 2 amide bonds. The molecule has 0 spiro atoms. The average molecular weight is 372 g/mol. The molecule has 1 heterocycles. The van der Waals surface area contributed by atoms with E-state index in [1.807, 2.05) is 36.6 Å². The Balaban J connectivity index is 1.68. The molecule has 0 bridgehead atoms. The van der Waals surface area contributed by atoms with Crippen LogP contribution in [-0.2, 0) is 9.59 Å². The number of thiazole rings is 1. The van der Waals surface area contributed by atoms with Gasteiger partial charge in [-0.15, -0.1) is 11.3 Å². The Morgan fingerprint density at radius 3 is 2.62 bits per heavy atom. The van der Waals surface area contributed by atoms with Crippen molar-refractivity contribution >= 4 is 34.0 Å². The van der Waals surface area contributed by atoms with Crippen LogP contribution in [0, 0.1) is 5.92 Å². The highest BCUT2D eigenvalue weighted by atomic mass is 32.1. The maximum Gasteiger partial charge on any atom is 0.231 e. The van der Waals surface area contributed by atoms with Crippen LogP contribution in [0.2, 0.25) is 0 Å². The Morgan fingerprint density at radius 2 is 1.96 bits per heavy atom. The third kappa shape index (κ3) is 4.28. The van der Waals surface area contributed by atoms with Gasteiger partial charge in [0.2, 0.25) is 11.8 Å². The quantitative estimate of drug-likeness (QED) is 0.763. The molecule has 7 heteroatoms. The lowest BCUT2D eigenvalue weighted by Gasteiger charge is -2.36. The third-order valence-corrected chi connectivity index (χ3v) is 5.56. The first-order valence-electron chi connectivity index (χ1n) is 8.78. The smallest absolute Gasteiger partial charge is 0.231 e. The summed E-state index contributed by atoms with van der Waals surface area (Å²) >= 11 is 1.40. The van der Waals surface area contributed by atoms with Crippen LogP contribution in [0.5, 0.6) is 0 Å². The van der Waals surface area contributed by atoms with E-state index in [4.69, 9.17) is 5.73 Å². The lowest BCUT2D eigenvalue weighted by molar-refractivity contribution is -0.122. The van der Waals surface area contributed by atoms with E-state index < -0.39 is 5.54 Å². The molecule has 1 aromatic carbocycles. The van der Waals surface area contributed by atoms with Crippen molar-refractivity contribution in [2.75, 3.05) is 10.6 Å². The van der Waals surface area contributed by atoms with E-state index in [2.05, 4.69) is 15.6 Å². The second kappa shape index (κ2) is 7.55. The number of rotatable bonds is 4. The van der Waals surface area contributed by atoms with Crippen LogP contribution in [0.15, 0.2) is 29.6 Å². The number of amides is 2. The Bertz CT molecular complexity index is 798. The lowest BCUT2D eigenvalue weighted by atomic mass is 9.74. The summed E-state index contributed by atoms with van der Waals surface area (Å²) in [5, 5.41) is 8.15. The van der Waals surface area contributed by atoms with E-state index >= 15 is 0 Å². The molecule has 3 rings (SSSR count). The number of anilines is 2. The Kier molecular flexibility index (Phi) is 5.38. The molecule has 1 saturated carbocycles. The van der Waals surface area contributed by atoms with Crippen molar-refractivity contribution in [3.63, 3.8) is 0 Å². The zero-order chi connectivity index (χ0) is 18.7. The predicted octanol–water partition coefficient (Wildman–Crippen LogP) is 3.61. The highest BCUT2D eigenvalue weighted by Gasteiger charge is 2.38. The largest absolute Gasteiger partial charge is 0.326 e. The summed E-state index contributed by atoms with van der Waals surface area (Å²) in [6.45, 7) is 3.43. The summed E-state index contributed by atoms with van der Waals surface area (Å²) in [6, 6.07) is 7.44. The fourth-order valence-corrected chi connectivity index (χ4v) is 4.10. The number of benzene rings is 1. The molecule has 6 nitrogen and oxygen atoms in total. The molecule has 26 heavy (non-hydrogen) atoms. The number of carbonyl (C=O) groups excluding carboxylic acids is 2. The van der Waals surface area contributed by atoms with E-state index in [9.17, 15) is 9.59 Å². The number of hydrogen-bond acceptors (Lipinski definition) is 5. The van der Waals surface area contributed by atoms with Gasteiger partial charge in [-0.05, 0) is 31.9 Å². The summed E-state index contributed by atoms with van der Waals surface area (Å²) in [5.74, 6) is -0.330. The SMILES string of the molecule is CC(=O)Nc1ccc(-c2csc(NC(=O)C3CCCCC3(C)N)n2)cc1. The molecule has 4 N–H and O–H groups in total. The van der Waals surface area contributed by atoms with Gasteiger partial charge in [-0.3, -0.25) is 9.59 Å². The average Bonchev–Trinajstić information content (AvgIpc) is 3.03. The molecule has 0 saturated heterocycles. The molecule has 138 valence electrons. The fraction of sp³-hybridized carbons (Fsp3) is 0.421. The maximum absolute atomic E-state index is 12.6. The highest BCUT2D eigenvalue weighted by molar-refractivity contribution is 7.14. The van der Waals surface area contributed by atoms with Crippen molar-refractivity contribution in [3.8, 4) is 11.3 Å². The van der Waals surface area contributed by atoms with Gasteiger partial charge < -0.3 is 16.4 Å². The fourth-order valence-electron chi connectivity index (χ4n) is 3.37. The zero-order valence-electron chi connectivity index (χ0n) is 15.0. The van der Waals surface area contributed by atoms with E-state index in [0.717, 1.165) is 42.6 Å². The van der Waals surface area contributed by atoms with E-state index in [1.165, 1.54) is 18.3 Å². The van der Waals surface area contributed by atoms with Crippen molar-refractivity contribution in [2.45, 2.75) is 45.1 Å². The zero-order valence-corrected chi connectivity index (χ0v) is 15.9. The number of hydrogen-bond donors (Lipinski definition) is 3. The second-order valence-electron chi connectivity index (χ2n) is 7.09. The van der Waals surface area contributed by atoms with Crippen LogP contribution < -0.4 is 16.4 Å². The van der Waals surface area contributed by atoms with Gasteiger partial charge in [-0.2, -0.15) is 0 Å². The molecule has 1 fully saturated rings. The summed E-state index contributed by atoms with van der Waals surface area (Å²) in [7, 11) is 0. The molecule has 2 aromatic rings. The minimum absolute atomic E-state index is 0.0448. The Labute approximate surface area is 157 Å². The molecule has 1 aliphatic carbocycles. The first-order chi connectivity index (χ1) is 12.3. The summed E-state index contributed by atoms with van der Waals surface area (Å²) in [5.41, 5.74) is 8.32. The van der Waals surface area contributed by atoms with Crippen LogP contribution in [0.3, 0.4) is 0 Å². The minimum atomic E-state index is -0.456. The lowest BCUT2D eigenvalue weighted by Crippen LogP contribution is -2.51. The monoisotopic (exact) mass is 372 g/mol. The summed E-state index contributed by atoms with van der Waals surface area (Å²) in [6.07, 6.45) is 3.80. The van der Waals surface area contributed by atoms with Crippen LogP contribution >= 0.6 is 11.3 Å². The van der Waals surface area contributed by atoms with Gasteiger partial charge in [-0.25, -0.2) is 4.98 Å². The van der Waals surface area contributed by atoms with Crippen molar-refractivity contribution in [1.29, 1.82) is 0 Å². The Morgan fingerprint density at radius 1 is 1.23 bits per heavy atom. The van der Waals surface area contributed by atoms with Crippen LogP contribution in [0.25, 0.3) is 11.3 Å². The highest BCUT2D eigenvalue weighted by Crippen LogP contribution is 2.33. The molecule has 1 aromatic heterocycles. The van der Waals surface area contributed by atoms with E-state index in [1.54, 1.807) is 0 Å². The van der Waals surface area contributed by atoms with Crippen molar-refractivity contribution < 1.29 is 9.59 Å². The first kappa shape index (κ1) is 18.5. The number of nitrogens with zero attached hydrogens (tertiary/aromatic N) is 1. The van der Waals surface area contributed by atoms with Crippen LogP contribution in [-0.4, -0.2) is 22.3 Å². The van der Waals surface area contributed by atoms with E-state index in [0.29, 0.717) is 5.13 Å². The maximum atomic E-state index is 12.6. The predicted molar refractivity (Wildman–Crippen MR) is 105 cm³/mol. The molecule has 2 unspecified atom stereocenters. The second-order valence-corrected chi connectivity index (χ2v) is 7.95. The third-order valence-electron chi connectivity index (χ3n) is 4.81. The van der Waals surface area contributed by atoms with Gasteiger partial charge in [0.15, 0.2) is 5.13 Å². The van der Waals surface area contributed by atoms with Gasteiger partial charge >= 0.3 is 0 Å². The van der Waals surface area contributed by atoms with Gasteiger partial charge in [0.05, 0.1) is 11.6 Å². The van der Waals surface area contributed by atoms with Gasteiger partial charge in [0.1, 0.15) is 0 Å². The van der Waals surface area contributed by atoms with Crippen LogP contribution in [0.4, 0.5) is 10.8 Å². The number of nitrogens with one attached hydrogen (secondary N) is 2. The van der Waals surface area contributed by atoms with E-state index in [-0.39, 0.29) is 17.7 Å². The molecule has 1 aliphatic rings. The molecular formula is C19H24N4O2S. The molecule has 0 radical (unpaired) electrons.